The second kappa shape index (κ2) is 3.78. The maximum absolute atomic E-state index is 5.71. The van der Waals surface area contributed by atoms with Gasteiger partial charge in [0.2, 0.25) is 0 Å². The van der Waals surface area contributed by atoms with Crippen molar-refractivity contribution in [3.05, 3.63) is 11.9 Å². The van der Waals surface area contributed by atoms with Crippen molar-refractivity contribution in [1.29, 1.82) is 0 Å². The van der Waals surface area contributed by atoms with Crippen LogP contribution in [0.15, 0.2) is 6.20 Å². The molecule has 0 aliphatic heterocycles. The SMILES string of the molecule is CC(N)C(C)Cc1cnsn1. The first-order chi connectivity index (χ1) is 5.20. The predicted octanol–water partition coefficient (Wildman–Crippen LogP) is 1.06. The first kappa shape index (κ1) is 8.62. The van der Waals surface area contributed by atoms with Crippen LogP contribution in [0, 0.1) is 5.92 Å². The number of rotatable bonds is 3. The summed E-state index contributed by atoms with van der Waals surface area (Å²) in [6, 6.07) is 0.233. The molecule has 11 heavy (non-hydrogen) atoms. The van der Waals surface area contributed by atoms with Crippen molar-refractivity contribution in [2.24, 2.45) is 11.7 Å². The molecule has 0 saturated heterocycles. The molecule has 4 heteroatoms. The molecule has 0 fully saturated rings. The Bertz CT molecular complexity index is 195. The topological polar surface area (TPSA) is 51.8 Å². The van der Waals surface area contributed by atoms with Gasteiger partial charge in [0.25, 0.3) is 0 Å². The molecule has 0 aliphatic carbocycles. The molecule has 0 bridgehead atoms. The lowest BCUT2D eigenvalue weighted by molar-refractivity contribution is 0.478. The molecule has 1 aromatic rings. The van der Waals surface area contributed by atoms with Crippen molar-refractivity contribution >= 4 is 11.7 Å². The van der Waals surface area contributed by atoms with Crippen molar-refractivity contribution < 1.29 is 0 Å². The molecule has 0 aromatic carbocycles. The summed E-state index contributed by atoms with van der Waals surface area (Å²) < 4.78 is 8.04. The van der Waals surface area contributed by atoms with E-state index in [4.69, 9.17) is 5.73 Å². The van der Waals surface area contributed by atoms with Gasteiger partial charge in [-0.05, 0) is 19.3 Å². The number of hydrogen-bond acceptors (Lipinski definition) is 4. The Morgan fingerprint density at radius 3 is 2.82 bits per heavy atom. The van der Waals surface area contributed by atoms with E-state index < -0.39 is 0 Å². The largest absolute Gasteiger partial charge is 0.328 e. The normalized spacial score (nSPS) is 16.3. The Morgan fingerprint density at radius 2 is 2.36 bits per heavy atom. The van der Waals surface area contributed by atoms with E-state index in [-0.39, 0.29) is 6.04 Å². The van der Waals surface area contributed by atoms with E-state index in [2.05, 4.69) is 15.7 Å². The fraction of sp³-hybridized carbons (Fsp3) is 0.714. The van der Waals surface area contributed by atoms with Crippen LogP contribution in [0.1, 0.15) is 19.5 Å². The molecular formula is C7H13N3S. The van der Waals surface area contributed by atoms with Crippen molar-refractivity contribution in [2.45, 2.75) is 26.3 Å². The first-order valence-corrected chi connectivity index (χ1v) is 4.45. The van der Waals surface area contributed by atoms with Crippen LogP contribution < -0.4 is 5.73 Å². The number of aromatic nitrogens is 2. The molecule has 2 atom stereocenters. The molecule has 2 unspecified atom stereocenters. The highest BCUT2D eigenvalue weighted by Crippen LogP contribution is 2.08. The summed E-state index contributed by atoms with van der Waals surface area (Å²) in [7, 11) is 0. The zero-order valence-electron chi connectivity index (χ0n) is 6.82. The molecule has 2 N–H and O–H groups in total. The van der Waals surface area contributed by atoms with Crippen molar-refractivity contribution in [2.75, 3.05) is 0 Å². The molecule has 1 aromatic heterocycles. The van der Waals surface area contributed by atoms with Crippen LogP contribution >= 0.6 is 11.7 Å². The number of hydrogen-bond donors (Lipinski definition) is 1. The minimum absolute atomic E-state index is 0.233. The van der Waals surface area contributed by atoms with Crippen LogP contribution in [0.2, 0.25) is 0 Å². The van der Waals surface area contributed by atoms with Gasteiger partial charge in [0.15, 0.2) is 0 Å². The summed E-state index contributed by atoms with van der Waals surface area (Å²) in [6.45, 7) is 4.15. The number of nitrogens with zero attached hydrogens (tertiary/aromatic N) is 2. The smallest absolute Gasteiger partial charge is 0.0746 e. The van der Waals surface area contributed by atoms with Gasteiger partial charge in [-0.1, -0.05) is 6.92 Å². The van der Waals surface area contributed by atoms with Crippen LogP contribution in [-0.4, -0.2) is 14.8 Å². The molecule has 0 saturated carbocycles. The summed E-state index contributed by atoms with van der Waals surface area (Å²) in [6.07, 6.45) is 2.75. The minimum Gasteiger partial charge on any atom is -0.328 e. The average molecular weight is 171 g/mol. The van der Waals surface area contributed by atoms with E-state index in [9.17, 15) is 0 Å². The maximum atomic E-state index is 5.71. The Hall–Kier alpha value is -0.480. The fourth-order valence-corrected chi connectivity index (χ4v) is 1.23. The Labute approximate surface area is 71.0 Å². The highest BCUT2D eigenvalue weighted by molar-refractivity contribution is 6.99. The van der Waals surface area contributed by atoms with Crippen molar-refractivity contribution in [1.82, 2.24) is 8.75 Å². The third-order valence-electron chi connectivity index (χ3n) is 1.84. The zero-order chi connectivity index (χ0) is 8.27. The quantitative estimate of drug-likeness (QED) is 0.740. The van der Waals surface area contributed by atoms with Crippen LogP contribution in [0.25, 0.3) is 0 Å². The van der Waals surface area contributed by atoms with Gasteiger partial charge in [-0.25, -0.2) is 0 Å². The third kappa shape index (κ3) is 2.55. The van der Waals surface area contributed by atoms with Gasteiger partial charge in [-0.2, -0.15) is 8.75 Å². The predicted molar refractivity (Wildman–Crippen MR) is 46.4 cm³/mol. The van der Waals surface area contributed by atoms with Crippen molar-refractivity contribution in [3.8, 4) is 0 Å². The fourth-order valence-electron chi connectivity index (χ4n) is 0.790. The lowest BCUT2D eigenvalue weighted by Crippen LogP contribution is -2.25. The highest BCUT2D eigenvalue weighted by Gasteiger charge is 2.09. The summed E-state index contributed by atoms with van der Waals surface area (Å²) in [5, 5.41) is 0. The van der Waals surface area contributed by atoms with Gasteiger partial charge in [-0.3, -0.25) is 0 Å². The summed E-state index contributed by atoms with van der Waals surface area (Å²) in [4.78, 5) is 0. The van der Waals surface area contributed by atoms with Crippen molar-refractivity contribution in [3.63, 3.8) is 0 Å². The van der Waals surface area contributed by atoms with Crippen LogP contribution in [0.3, 0.4) is 0 Å². The summed E-state index contributed by atoms with van der Waals surface area (Å²) >= 11 is 1.25. The molecular weight excluding hydrogens is 158 g/mol. The molecule has 3 nitrogen and oxygen atoms in total. The summed E-state index contributed by atoms with van der Waals surface area (Å²) in [5.41, 5.74) is 6.76. The van der Waals surface area contributed by atoms with Gasteiger partial charge in [0, 0.05) is 6.04 Å². The van der Waals surface area contributed by atoms with Crippen LogP contribution in [0.5, 0.6) is 0 Å². The third-order valence-corrected chi connectivity index (χ3v) is 2.35. The molecule has 62 valence electrons. The first-order valence-electron chi connectivity index (χ1n) is 3.72. The Morgan fingerprint density at radius 1 is 1.64 bits per heavy atom. The lowest BCUT2D eigenvalue weighted by atomic mass is 9.99. The van der Waals surface area contributed by atoms with Gasteiger partial charge in [-0.15, -0.1) is 0 Å². The van der Waals surface area contributed by atoms with E-state index in [1.54, 1.807) is 0 Å². The second-order valence-electron chi connectivity index (χ2n) is 2.94. The van der Waals surface area contributed by atoms with E-state index in [1.807, 2.05) is 13.1 Å². The van der Waals surface area contributed by atoms with E-state index >= 15 is 0 Å². The molecule has 0 amide bonds. The van der Waals surface area contributed by atoms with Gasteiger partial charge < -0.3 is 5.73 Å². The lowest BCUT2D eigenvalue weighted by Gasteiger charge is -2.12. The van der Waals surface area contributed by atoms with Gasteiger partial charge >= 0.3 is 0 Å². The zero-order valence-corrected chi connectivity index (χ0v) is 7.64. The van der Waals surface area contributed by atoms with Crippen LogP contribution in [0.4, 0.5) is 0 Å². The van der Waals surface area contributed by atoms with E-state index in [1.165, 1.54) is 11.7 Å². The number of nitrogens with two attached hydrogens (primary N) is 1. The second-order valence-corrected chi connectivity index (χ2v) is 3.50. The van der Waals surface area contributed by atoms with Gasteiger partial charge in [0.1, 0.15) is 0 Å². The minimum atomic E-state index is 0.233. The standard InChI is InChI=1S/C7H13N3S/c1-5(6(2)8)3-7-4-9-11-10-7/h4-6H,3,8H2,1-2H3. The van der Waals surface area contributed by atoms with E-state index in [0.717, 1.165) is 12.1 Å². The molecule has 1 rings (SSSR count). The maximum Gasteiger partial charge on any atom is 0.0746 e. The monoisotopic (exact) mass is 171 g/mol. The van der Waals surface area contributed by atoms with E-state index in [0.29, 0.717) is 5.92 Å². The van der Waals surface area contributed by atoms with Gasteiger partial charge in [0.05, 0.1) is 23.6 Å². The molecule has 1 heterocycles. The highest BCUT2D eigenvalue weighted by atomic mass is 32.1. The Kier molecular flexibility index (Phi) is 2.96. The van der Waals surface area contributed by atoms with Crippen LogP contribution in [-0.2, 0) is 6.42 Å². The molecule has 0 aliphatic rings. The molecule has 0 radical (unpaired) electrons. The molecule has 0 spiro atoms. The Balaban J connectivity index is 2.43. The average Bonchev–Trinajstić information content (AvgIpc) is 2.39. The summed E-state index contributed by atoms with van der Waals surface area (Å²) in [5.74, 6) is 0.485.